The molecular formula is C19H18FN5O3. The van der Waals surface area contributed by atoms with Gasteiger partial charge in [-0.1, -0.05) is 29.8 Å². The molecule has 3 aromatic rings. The van der Waals surface area contributed by atoms with Crippen LogP contribution in [0.25, 0.3) is 0 Å². The number of para-hydroxylation sites is 1. The second-order valence-corrected chi connectivity index (χ2v) is 5.80. The quantitative estimate of drug-likeness (QED) is 0.599. The minimum Gasteiger partial charge on any atom is -0.479 e. The summed E-state index contributed by atoms with van der Waals surface area (Å²) in [5.41, 5.74) is 7.58. The molecule has 0 saturated heterocycles. The number of aromatic nitrogens is 3. The number of carbonyl (C=O) groups is 1. The van der Waals surface area contributed by atoms with Crippen molar-refractivity contribution in [3.05, 3.63) is 65.7 Å². The Hall–Kier alpha value is -3.75. The van der Waals surface area contributed by atoms with E-state index in [1.54, 1.807) is 6.07 Å². The lowest BCUT2D eigenvalue weighted by atomic mass is 10.2. The molecule has 3 rings (SSSR count). The second kappa shape index (κ2) is 8.76. The number of anilines is 3. The van der Waals surface area contributed by atoms with E-state index in [2.05, 4.69) is 20.3 Å². The molecule has 2 aromatic carbocycles. The van der Waals surface area contributed by atoms with Crippen molar-refractivity contribution >= 4 is 23.6 Å². The van der Waals surface area contributed by atoms with Crippen LogP contribution in [0, 0.1) is 12.7 Å². The van der Waals surface area contributed by atoms with Crippen molar-refractivity contribution in [2.75, 3.05) is 17.7 Å². The van der Waals surface area contributed by atoms with Gasteiger partial charge in [-0.25, -0.2) is 9.18 Å². The van der Waals surface area contributed by atoms with Crippen LogP contribution in [0.2, 0.25) is 0 Å². The van der Waals surface area contributed by atoms with E-state index >= 15 is 0 Å². The molecule has 0 bridgehead atoms. The van der Waals surface area contributed by atoms with E-state index in [9.17, 15) is 9.18 Å². The van der Waals surface area contributed by atoms with Gasteiger partial charge in [-0.3, -0.25) is 0 Å². The van der Waals surface area contributed by atoms with Crippen LogP contribution in [-0.4, -0.2) is 27.5 Å². The molecule has 8 nitrogen and oxygen atoms in total. The number of nitrogens with one attached hydrogen (secondary N) is 1. The molecule has 0 atom stereocenters. The van der Waals surface area contributed by atoms with Gasteiger partial charge >= 0.3 is 5.97 Å². The summed E-state index contributed by atoms with van der Waals surface area (Å²) in [5.74, 6) is -0.916. The van der Waals surface area contributed by atoms with Gasteiger partial charge in [-0.2, -0.15) is 15.0 Å². The van der Waals surface area contributed by atoms with Gasteiger partial charge in [0.25, 0.3) is 0 Å². The molecule has 1 aromatic heterocycles. The van der Waals surface area contributed by atoms with Crippen LogP contribution in [0.5, 0.6) is 5.75 Å². The van der Waals surface area contributed by atoms with Gasteiger partial charge in [0.1, 0.15) is 0 Å². The Morgan fingerprint density at radius 2 is 1.86 bits per heavy atom. The van der Waals surface area contributed by atoms with Crippen molar-refractivity contribution in [1.29, 1.82) is 0 Å². The number of esters is 1. The van der Waals surface area contributed by atoms with Gasteiger partial charge in [0.2, 0.25) is 11.9 Å². The first-order valence-electron chi connectivity index (χ1n) is 8.36. The third-order valence-electron chi connectivity index (χ3n) is 3.55. The van der Waals surface area contributed by atoms with Crippen molar-refractivity contribution in [2.24, 2.45) is 0 Å². The first-order chi connectivity index (χ1) is 13.5. The minimum atomic E-state index is -0.699. The average molecular weight is 383 g/mol. The monoisotopic (exact) mass is 383 g/mol. The maximum absolute atomic E-state index is 13.5. The van der Waals surface area contributed by atoms with Crippen LogP contribution in [0.3, 0.4) is 0 Å². The number of hydrogen-bond acceptors (Lipinski definition) is 8. The number of rotatable bonds is 7. The van der Waals surface area contributed by atoms with E-state index in [4.69, 9.17) is 15.2 Å². The predicted octanol–water partition coefficient (Wildman–Crippen LogP) is 2.77. The molecule has 0 saturated carbocycles. The van der Waals surface area contributed by atoms with Crippen molar-refractivity contribution < 1.29 is 18.7 Å². The highest BCUT2D eigenvalue weighted by Crippen LogP contribution is 2.16. The van der Waals surface area contributed by atoms with E-state index in [1.165, 1.54) is 18.2 Å². The summed E-state index contributed by atoms with van der Waals surface area (Å²) in [5, 5.41) is 3.00. The lowest BCUT2D eigenvalue weighted by molar-refractivity contribution is -0.147. The summed E-state index contributed by atoms with van der Waals surface area (Å²) in [4.78, 5) is 23.9. The molecule has 0 aliphatic rings. The van der Waals surface area contributed by atoms with Gasteiger partial charge in [0, 0.05) is 5.69 Å². The maximum atomic E-state index is 13.5. The number of nitrogen functional groups attached to an aromatic ring is 1. The fourth-order valence-corrected chi connectivity index (χ4v) is 2.21. The first kappa shape index (κ1) is 19.0. The SMILES string of the molecule is Cc1ccc(Nc2nc(N)nc(COC(=O)COc3ccccc3F)n2)cc1. The Morgan fingerprint density at radius 3 is 2.61 bits per heavy atom. The average Bonchev–Trinajstić information content (AvgIpc) is 2.67. The van der Waals surface area contributed by atoms with Crippen LogP contribution in [0.4, 0.5) is 22.0 Å². The third-order valence-corrected chi connectivity index (χ3v) is 3.55. The Balaban J connectivity index is 1.56. The van der Waals surface area contributed by atoms with E-state index in [0.29, 0.717) is 0 Å². The van der Waals surface area contributed by atoms with Crippen molar-refractivity contribution in [2.45, 2.75) is 13.5 Å². The first-order valence-corrected chi connectivity index (χ1v) is 8.36. The van der Waals surface area contributed by atoms with Crippen LogP contribution < -0.4 is 15.8 Å². The number of halogens is 1. The summed E-state index contributed by atoms with van der Waals surface area (Å²) in [6.45, 7) is 1.30. The Bertz CT molecular complexity index is 966. The molecule has 0 radical (unpaired) electrons. The standard InChI is InChI=1S/C19H18FN5O3/c1-12-6-8-13(9-7-12)22-19-24-16(23-18(21)25-19)10-28-17(26)11-27-15-5-3-2-4-14(15)20/h2-9H,10-11H2,1H3,(H3,21,22,23,24,25). The van der Waals surface area contributed by atoms with Crippen LogP contribution >= 0.6 is 0 Å². The molecule has 0 unspecified atom stereocenters. The number of nitrogens with two attached hydrogens (primary N) is 1. The Morgan fingerprint density at radius 1 is 1.11 bits per heavy atom. The number of benzene rings is 2. The largest absolute Gasteiger partial charge is 0.479 e. The normalized spacial score (nSPS) is 10.4. The number of carbonyl (C=O) groups excluding carboxylic acids is 1. The molecule has 9 heteroatoms. The molecule has 0 aliphatic carbocycles. The fraction of sp³-hybridized carbons (Fsp3) is 0.158. The topological polar surface area (TPSA) is 112 Å². The van der Waals surface area contributed by atoms with E-state index in [-0.39, 0.29) is 30.1 Å². The summed E-state index contributed by atoms with van der Waals surface area (Å²) >= 11 is 0. The van der Waals surface area contributed by atoms with E-state index < -0.39 is 18.4 Å². The van der Waals surface area contributed by atoms with Gasteiger partial charge < -0.3 is 20.5 Å². The number of ether oxygens (including phenoxy) is 2. The molecule has 0 fully saturated rings. The highest BCUT2D eigenvalue weighted by Gasteiger charge is 2.11. The molecule has 0 amide bonds. The highest BCUT2D eigenvalue weighted by molar-refractivity contribution is 5.71. The molecular weight excluding hydrogens is 365 g/mol. The molecule has 0 aliphatic heterocycles. The Kier molecular flexibility index (Phi) is 5.95. The third kappa shape index (κ3) is 5.37. The summed E-state index contributed by atoms with van der Waals surface area (Å²) in [7, 11) is 0. The maximum Gasteiger partial charge on any atom is 0.344 e. The molecule has 144 valence electrons. The van der Waals surface area contributed by atoms with Crippen LogP contribution in [0.1, 0.15) is 11.4 Å². The highest BCUT2D eigenvalue weighted by atomic mass is 19.1. The van der Waals surface area contributed by atoms with Crippen LogP contribution in [0.15, 0.2) is 48.5 Å². The van der Waals surface area contributed by atoms with Crippen molar-refractivity contribution in [1.82, 2.24) is 15.0 Å². The minimum absolute atomic E-state index is 0.0155. The smallest absolute Gasteiger partial charge is 0.344 e. The van der Waals surface area contributed by atoms with Crippen molar-refractivity contribution in [3.8, 4) is 5.75 Å². The fourth-order valence-electron chi connectivity index (χ4n) is 2.21. The van der Waals surface area contributed by atoms with E-state index in [0.717, 1.165) is 11.3 Å². The molecule has 1 heterocycles. The zero-order valence-corrected chi connectivity index (χ0v) is 15.1. The van der Waals surface area contributed by atoms with Gasteiger partial charge in [-0.15, -0.1) is 0 Å². The summed E-state index contributed by atoms with van der Waals surface area (Å²) in [6.07, 6.45) is 0. The number of hydrogen-bond donors (Lipinski definition) is 2. The number of nitrogens with zero attached hydrogens (tertiary/aromatic N) is 3. The lowest BCUT2D eigenvalue weighted by Crippen LogP contribution is -2.17. The zero-order chi connectivity index (χ0) is 19.9. The zero-order valence-electron chi connectivity index (χ0n) is 15.1. The van der Waals surface area contributed by atoms with Crippen LogP contribution in [-0.2, 0) is 16.1 Å². The molecule has 0 spiro atoms. The summed E-state index contributed by atoms with van der Waals surface area (Å²) < 4.78 is 23.6. The van der Waals surface area contributed by atoms with Gasteiger partial charge in [0.15, 0.2) is 30.6 Å². The Labute approximate surface area is 160 Å². The van der Waals surface area contributed by atoms with E-state index in [1.807, 2.05) is 31.2 Å². The summed E-state index contributed by atoms with van der Waals surface area (Å²) in [6, 6.07) is 13.4. The lowest BCUT2D eigenvalue weighted by Gasteiger charge is -2.09. The van der Waals surface area contributed by atoms with Crippen molar-refractivity contribution in [3.63, 3.8) is 0 Å². The molecule has 3 N–H and O–H groups in total. The second-order valence-electron chi connectivity index (χ2n) is 5.80. The predicted molar refractivity (Wildman–Crippen MR) is 100 cm³/mol. The van der Waals surface area contributed by atoms with Gasteiger partial charge in [-0.05, 0) is 31.2 Å². The number of aryl methyl sites for hydroxylation is 1. The van der Waals surface area contributed by atoms with Gasteiger partial charge in [0.05, 0.1) is 0 Å². The molecule has 28 heavy (non-hydrogen) atoms.